The SMILES string of the molecule is CC(C)(C)c1ccc(-n2c(-c3cc(C(C)(C)C)cc(C(C)(C)C)c3O)nc3c(-c4cc(-c5ccccc5)cc(-c5cc6c(cn5)C(C)(C)c5cc(-c7ccccc7)ccc5-6)c4)cccc32)c(-c2ccccc2)c1. The summed E-state index contributed by atoms with van der Waals surface area (Å²) in [6.45, 7) is 24.7. The molecule has 0 aliphatic heterocycles. The topological polar surface area (TPSA) is 50.9 Å². The zero-order valence-corrected chi connectivity index (χ0v) is 44.2. The van der Waals surface area contributed by atoms with E-state index < -0.39 is 0 Å². The first kappa shape index (κ1) is 47.5. The Morgan fingerprint density at radius 3 is 1.67 bits per heavy atom. The Labute approximate surface area is 432 Å². The smallest absolute Gasteiger partial charge is 0.149 e. The highest BCUT2D eigenvalue weighted by Gasteiger charge is 2.37. The monoisotopic (exact) mass is 952 g/mol. The number of hydrogen-bond acceptors (Lipinski definition) is 3. The van der Waals surface area contributed by atoms with Gasteiger partial charge in [-0.15, -0.1) is 0 Å². The van der Waals surface area contributed by atoms with Gasteiger partial charge in [0.1, 0.15) is 11.6 Å². The molecule has 0 unspecified atom stereocenters. The van der Waals surface area contributed by atoms with Gasteiger partial charge >= 0.3 is 0 Å². The van der Waals surface area contributed by atoms with Gasteiger partial charge in [-0.1, -0.05) is 204 Å². The Balaban J connectivity index is 1.17. The number of hydrogen-bond donors (Lipinski definition) is 1. The van der Waals surface area contributed by atoms with Gasteiger partial charge < -0.3 is 5.11 Å². The van der Waals surface area contributed by atoms with E-state index in [9.17, 15) is 5.11 Å². The number of aromatic nitrogens is 3. The van der Waals surface area contributed by atoms with Gasteiger partial charge in [-0.05, 0) is 138 Å². The Kier molecular flexibility index (Phi) is 11.4. The number of fused-ring (bicyclic) bond motifs is 4. The zero-order valence-electron chi connectivity index (χ0n) is 44.2. The number of aromatic hydroxyl groups is 1. The molecule has 0 radical (unpaired) electrons. The molecule has 11 rings (SSSR count). The van der Waals surface area contributed by atoms with E-state index in [1.54, 1.807) is 0 Å². The fraction of sp³-hybridized carbons (Fsp3) is 0.217. The molecule has 0 bridgehead atoms. The predicted octanol–water partition coefficient (Wildman–Crippen LogP) is 18.3. The van der Waals surface area contributed by atoms with Gasteiger partial charge in [-0.2, -0.15) is 0 Å². The van der Waals surface area contributed by atoms with Gasteiger partial charge in [-0.3, -0.25) is 9.55 Å². The molecule has 0 spiro atoms. The van der Waals surface area contributed by atoms with E-state index in [1.165, 1.54) is 38.9 Å². The molecule has 1 aliphatic carbocycles. The van der Waals surface area contributed by atoms with Crippen molar-refractivity contribution < 1.29 is 5.11 Å². The molecule has 0 amide bonds. The Hall–Kier alpha value is -7.82. The molecule has 0 saturated carbocycles. The maximum Gasteiger partial charge on any atom is 0.149 e. The fourth-order valence-electron chi connectivity index (χ4n) is 10.9. The molecule has 4 nitrogen and oxygen atoms in total. The quantitative estimate of drug-likeness (QED) is 0.173. The number of pyridine rings is 1. The summed E-state index contributed by atoms with van der Waals surface area (Å²) >= 11 is 0. The molecule has 8 aromatic carbocycles. The second-order valence-corrected chi connectivity index (χ2v) is 23.7. The summed E-state index contributed by atoms with van der Waals surface area (Å²) in [6, 6.07) is 65.8. The van der Waals surface area contributed by atoms with Gasteiger partial charge in [0.25, 0.3) is 0 Å². The predicted molar refractivity (Wildman–Crippen MR) is 307 cm³/mol. The van der Waals surface area contributed by atoms with Crippen LogP contribution in [0.1, 0.15) is 104 Å². The second kappa shape index (κ2) is 17.4. The van der Waals surface area contributed by atoms with Crippen LogP contribution in [-0.2, 0) is 21.7 Å². The van der Waals surface area contributed by atoms with E-state index in [0.29, 0.717) is 11.4 Å². The Morgan fingerprint density at radius 2 is 1.03 bits per heavy atom. The van der Waals surface area contributed by atoms with Crippen molar-refractivity contribution in [2.24, 2.45) is 0 Å². The van der Waals surface area contributed by atoms with Gasteiger partial charge in [0.15, 0.2) is 0 Å². The van der Waals surface area contributed by atoms with Crippen LogP contribution in [0, 0.1) is 0 Å². The molecular weight excluding hydrogens is 887 g/mol. The van der Waals surface area contributed by atoms with Crippen LogP contribution in [0.5, 0.6) is 5.75 Å². The molecule has 4 heteroatoms. The minimum Gasteiger partial charge on any atom is -0.507 e. The normalized spacial score (nSPS) is 13.3. The number of para-hydroxylation sites is 1. The molecule has 2 aromatic heterocycles. The lowest BCUT2D eigenvalue weighted by Crippen LogP contribution is -2.17. The molecule has 0 atom stereocenters. The zero-order chi connectivity index (χ0) is 51.2. The van der Waals surface area contributed by atoms with E-state index in [0.717, 1.165) is 72.5 Å². The van der Waals surface area contributed by atoms with E-state index >= 15 is 0 Å². The van der Waals surface area contributed by atoms with Gasteiger partial charge in [-0.25, -0.2) is 4.98 Å². The van der Waals surface area contributed by atoms with Gasteiger partial charge in [0.2, 0.25) is 0 Å². The van der Waals surface area contributed by atoms with E-state index in [-0.39, 0.29) is 27.4 Å². The number of benzene rings is 8. The van der Waals surface area contributed by atoms with Crippen molar-refractivity contribution >= 4 is 11.0 Å². The van der Waals surface area contributed by atoms with Crippen LogP contribution in [0.4, 0.5) is 0 Å². The van der Waals surface area contributed by atoms with Crippen LogP contribution in [-0.4, -0.2) is 19.6 Å². The summed E-state index contributed by atoms with van der Waals surface area (Å²) < 4.78 is 2.30. The average molecular weight is 952 g/mol. The van der Waals surface area contributed by atoms with Gasteiger partial charge in [0.05, 0.1) is 28.0 Å². The average Bonchev–Trinajstić information content (AvgIpc) is 3.88. The first-order valence-corrected chi connectivity index (χ1v) is 25.8. The van der Waals surface area contributed by atoms with Crippen molar-refractivity contribution in [2.45, 2.75) is 97.8 Å². The van der Waals surface area contributed by atoms with Crippen molar-refractivity contribution in [3.05, 3.63) is 216 Å². The minimum absolute atomic E-state index is 0.0867. The van der Waals surface area contributed by atoms with Crippen molar-refractivity contribution in [3.8, 4) is 89.7 Å². The van der Waals surface area contributed by atoms with E-state index in [2.05, 4.69) is 269 Å². The lowest BCUT2D eigenvalue weighted by molar-refractivity contribution is 0.446. The Bertz CT molecular complexity index is 3750. The maximum absolute atomic E-state index is 12.7. The van der Waals surface area contributed by atoms with Crippen LogP contribution in [0.3, 0.4) is 0 Å². The molecule has 73 heavy (non-hydrogen) atoms. The second-order valence-electron chi connectivity index (χ2n) is 23.7. The molecule has 0 saturated heterocycles. The molecule has 362 valence electrons. The third-order valence-electron chi connectivity index (χ3n) is 15.2. The minimum atomic E-state index is -0.339. The standard InChI is InChI=1S/C69H65N3O/c1-66(2,3)50-31-33-61(54(38-50)45-26-19-14-20-27-45)72-62-29-21-28-52(63(62)71-65(72)56-39-51(67(4,5)6)40-58(64(56)73)68(7,8)9)48-34-47(44-24-17-13-18-25-44)35-49(36-48)60-41-55-53-32-30-46(43-22-15-12-16-23-43)37-57(53)69(10,11)59(55)42-70-60/h12-42,73H,1-11H3. The van der Waals surface area contributed by atoms with Gasteiger partial charge in [0, 0.05) is 33.9 Å². The van der Waals surface area contributed by atoms with Crippen LogP contribution in [0.15, 0.2) is 188 Å². The van der Waals surface area contributed by atoms with Crippen molar-refractivity contribution in [1.82, 2.24) is 14.5 Å². The van der Waals surface area contributed by atoms with Crippen LogP contribution in [0.25, 0.3) is 95.0 Å². The summed E-state index contributed by atoms with van der Waals surface area (Å²) in [5, 5.41) is 12.7. The molecule has 1 aliphatic rings. The highest BCUT2D eigenvalue weighted by atomic mass is 16.3. The number of phenolic OH excluding ortho intramolecular Hbond substituents is 1. The summed E-state index contributed by atoms with van der Waals surface area (Å²) in [7, 11) is 0. The third-order valence-corrected chi connectivity index (χ3v) is 15.2. The highest BCUT2D eigenvalue weighted by Crippen LogP contribution is 2.51. The summed E-state index contributed by atoms with van der Waals surface area (Å²) in [6.07, 6.45) is 2.11. The van der Waals surface area contributed by atoms with E-state index in [4.69, 9.17) is 9.97 Å². The van der Waals surface area contributed by atoms with Crippen molar-refractivity contribution in [2.75, 3.05) is 0 Å². The lowest BCUT2D eigenvalue weighted by Gasteiger charge is -2.28. The molecule has 10 aromatic rings. The summed E-state index contributed by atoms with van der Waals surface area (Å²) in [5.74, 6) is 0.942. The van der Waals surface area contributed by atoms with Crippen LogP contribution >= 0.6 is 0 Å². The number of phenols is 1. The van der Waals surface area contributed by atoms with Crippen molar-refractivity contribution in [1.29, 1.82) is 0 Å². The molecular formula is C69H65N3O. The maximum atomic E-state index is 12.7. The highest BCUT2D eigenvalue weighted by molar-refractivity contribution is 5.99. The van der Waals surface area contributed by atoms with Crippen molar-refractivity contribution in [3.63, 3.8) is 0 Å². The molecule has 2 heterocycles. The number of rotatable bonds is 7. The van der Waals surface area contributed by atoms with E-state index in [1.807, 2.05) is 0 Å². The number of nitrogens with zero attached hydrogens (tertiary/aromatic N) is 3. The summed E-state index contributed by atoms with van der Waals surface area (Å²) in [4.78, 5) is 11.0. The third kappa shape index (κ3) is 8.47. The van der Waals surface area contributed by atoms with Crippen LogP contribution < -0.4 is 0 Å². The first-order chi connectivity index (χ1) is 34.8. The summed E-state index contributed by atoms with van der Waals surface area (Å²) in [5.41, 5.74) is 21.8. The number of imidazole rings is 1. The first-order valence-electron chi connectivity index (χ1n) is 25.8. The molecule has 0 fully saturated rings. The largest absolute Gasteiger partial charge is 0.507 e. The fourth-order valence-corrected chi connectivity index (χ4v) is 10.9. The lowest BCUT2D eigenvalue weighted by atomic mass is 9.79. The Morgan fingerprint density at radius 1 is 0.425 bits per heavy atom. The van der Waals surface area contributed by atoms with Crippen LogP contribution in [0.2, 0.25) is 0 Å². The molecule has 1 N–H and O–H groups in total.